The summed E-state index contributed by atoms with van der Waals surface area (Å²) in [6.45, 7) is 1.72. The van der Waals surface area contributed by atoms with Gasteiger partial charge in [-0.15, -0.1) is 5.10 Å². The number of nitrogens with zero attached hydrogens (tertiary/aromatic N) is 3. The lowest BCUT2D eigenvalue weighted by molar-refractivity contribution is 0.414. The third-order valence-electron chi connectivity index (χ3n) is 2.86. The first kappa shape index (κ1) is 12.6. The molecule has 0 spiro atoms. The second-order valence-corrected chi connectivity index (χ2v) is 4.12. The maximum atomic E-state index is 5.12. The number of ether oxygens (including phenoxy) is 1. The smallest absolute Gasteiger partial charge is 0.118 e. The predicted octanol–water partition coefficient (Wildman–Crippen LogP) is 1.16. The summed E-state index contributed by atoms with van der Waals surface area (Å²) in [6, 6.07) is 8.15. The summed E-state index contributed by atoms with van der Waals surface area (Å²) in [4.78, 5) is 0. The molecule has 5 nitrogen and oxygen atoms in total. The van der Waals surface area contributed by atoms with E-state index < -0.39 is 0 Å². The van der Waals surface area contributed by atoms with Crippen molar-refractivity contribution in [2.24, 2.45) is 7.05 Å². The largest absolute Gasteiger partial charge is 0.497 e. The highest BCUT2D eigenvalue weighted by molar-refractivity contribution is 5.27. The summed E-state index contributed by atoms with van der Waals surface area (Å²) in [7, 11) is 3.58. The minimum Gasteiger partial charge on any atom is -0.497 e. The Balaban J connectivity index is 1.73. The van der Waals surface area contributed by atoms with Gasteiger partial charge in [0.2, 0.25) is 0 Å². The van der Waals surface area contributed by atoms with E-state index in [1.807, 2.05) is 19.2 Å². The fourth-order valence-corrected chi connectivity index (χ4v) is 1.71. The van der Waals surface area contributed by atoms with Gasteiger partial charge in [-0.25, -0.2) is 0 Å². The molecule has 5 heteroatoms. The third kappa shape index (κ3) is 3.30. The van der Waals surface area contributed by atoms with Crippen LogP contribution in [-0.2, 0) is 20.0 Å². The Bertz CT molecular complexity index is 478. The molecule has 96 valence electrons. The van der Waals surface area contributed by atoms with Crippen LogP contribution in [0, 0.1) is 0 Å². The van der Waals surface area contributed by atoms with E-state index >= 15 is 0 Å². The molecule has 2 rings (SSSR count). The Labute approximate surface area is 107 Å². The Morgan fingerprint density at radius 1 is 1.28 bits per heavy atom. The number of nitrogens with one attached hydrogen (secondary N) is 1. The predicted molar refractivity (Wildman–Crippen MR) is 69.4 cm³/mol. The Kier molecular flexibility index (Phi) is 4.30. The number of rotatable bonds is 6. The molecule has 1 aromatic carbocycles. The van der Waals surface area contributed by atoms with E-state index in [2.05, 4.69) is 27.8 Å². The van der Waals surface area contributed by atoms with Gasteiger partial charge in [-0.1, -0.05) is 17.3 Å². The van der Waals surface area contributed by atoms with Crippen molar-refractivity contribution >= 4 is 0 Å². The molecule has 0 saturated heterocycles. The maximum Gasteiger partial charge on any atom is 0.118 e. The van der Waals surface area contributed by atoms with Crippen LogP contribution in [0.15, 0.2) is 30.5 Å². The SMILES string of the molecule is COc1ccc(CCNCc2cnnn2C)cc1. The lowest BCUT2D eigenvalue weighted by Gasteiger charge is -2.05. The quantitative estimate of drug-likeness (QED) is 0.777. The van der Waals surface area contributed by atoms with Gasteiger partial charge in [0.15, 0.2) is 0 Å². The Morgan fingerprint density at radius 3 is 2.67 bits per heavy atom. The van der Waals surface area contributed by atoms with E-state index in [0.717, 1.165) is 31.0 Å². The van der Waals surface area contributed by atoms with Gasteiger partial charge in [0.05, 0.1) is 19.0 Å². The second-order valence-electron chi connectivity index (χ2n) is 4.12. The van der Waals surface area contributed by atoms with Crippen LogP contribution in [0.5, 0.6) is 5.75 Å². The zero-order chi connectivity index (χ0) is 12.8. The number of aryl methyl sites for hydroxylation is 1. The number of aromatic nitrogens is 3. The van der Waals surface area contributed by atoms with E-state index in [1.54, 1.807) is 18.0 Å². The maximum absolute atomic E-state index is 5.12. The van der Waals surface area contributed by atoms with Crippen molar-refractivity contribution in [3.05, 3.63) is 41.7 Å². The molecule has 1 aromatic heterocycles. The average Bonchev–Trinajstić information content (AvgIpc) is 2.81. The monoisotopic (exact) mass is 246 g/mol. The van der Waals surface area contributed by atoms with Crippen molar-refractivity contribution in [2.75, 3.05) is 13.7 Å². The van der Waals surface area contributed by atoms with Crippen molar-refractivity contribution in [3.63, 3.8) is 0 Å². The van der Waals surface area contributed by atoms with Gasteiger partial charge in [0.1, 0.15) is 5.75 Å². The molecule has 0 unspecified atom stereocenters. The molecule has 2 aromatic rings. The molecule has 1 heterocycles. The fraction of sp³-hybridized carbons (Fsp3) is 0.385. The molecule has 0 aliphatic carbocycles. The molecular formula is C13H18N4O. The van der Waals surface area contributed by atoms with E-state index in [-0.39, 0.29) is 0 Å². The highest BCUT2D eigenvalue weighted by Gasteiger charge is 1.99. The first-order valence-corrected chi connectivity index (χ1v) is 5.97. The lowest BCUT2D eigenvalue weighted by Crippen LogP contribution is -2.18. The highest BCUT2D eigenvalue weighted by atomic mass is 16.5. The van der Waals surface area contributed by atoms with Gasteiger partial charge in [0.25, 0.3) is 0 Å². The van der Waals surface area contributed by atoms with Crippen molar-refractivity contribution in [1.82, 2.24) is 20.3 Å². The highest BCUT2D eigenvalue weighted by Crippen LogP contribution is 2.11. The second kappa shape index (κ2) is 6.16. The van der Waals surface area contributed by atoms with Crippen LogP contribution in [0.3, 0.4) is 0 Å². The van der Waals surface area contributed by atoms with Crippen LogP contribution in [0.4, 0.5) is 0 Å². The summed E-state index contributed by atoms with van der Waals surface area (Å²) >= 11 is 0. The zero-order valence-corrected chi connectivity index (χ0v) is 10.8. The minimum atomic E-state index is 0.791. The molecule has 18 heavy (non-hydrogen) atoms. The Hall–Kier alpha value is -1.88. The third-order valence-corrected chi connectivity index (χ3v) is 2.86. The van der Waals surface area contributed by atoms with Crippen LogP contribution in [-0.4, -0.2) is 28.6 Å². The van der Waals surface area contributed by atoms with Gasteiger partial charge in [0, 0.05) is 13.6 Å². The Morgan fingerprint density at radius 2 is 2.06 bits per heavy atom. The number of methoxy groups -OCH3 is 1. The van der Waals surface area contributed by atoms with Crippen LogP contribution in [0.2, 0.25) is 0 Å². The number of hydrogen-bond donors (Lipinski definition) is 1. The summed E-state index contributed by atoms with van der Waals surface area (Å²) < 4.78 is 6.90. The van der Waals surface area contributed by atoms with Crippen molar-refractivity contribution < 1.29 is 4.74 Å². The molecule has 0 fully saturated rings. The molecule has 0 bridgehead atoms. The van der Waals surface area contributed by atoms with Crippen LogP contribution in [0.25, 0.3) is 0 Å². The topological polar surface area (TPSA) is 52.0 Å². The van der Waals surface area contributed by atoms with E-state index in [0.29, 0.717) is 0 Å². The van der Waals surface area contributed by atoms with Gasteiger partial charge in [-0.05, 0) is 30.7 Å². The van der Waals surface area contributed by atoms with Crippen molar-refractivity contribution in [1.29, 1.82) is 0 Å². The summed E-state index contributed by atoms with van der Waals surface area (Å²) in [5, 5.41) is 11.1. The summed E-state index contributed by atoms with van der Waals surface area (Å²) in [5.41, 5.74) is 2.39. The van der Waals surface area contributed by atoms with Crippen molar-refractivity contribution in [2.45, 2.75) is 13.0 Å². The van der Waals surface area contributed by atoms with Crippen LogP contribution in [0.1, 0.15) is 11.3 Å². The standard InChI is InChI=1S/C13H18N4O/c1-17-12(10-15-16-17)9-14-8-7-11-3-5-13(18-2)6-4-11/h3-6,10,14H,7-9H2,1-2H3. The molecule has 0 aliphatic heterocycles. The lowest BCUT2D eigenvalue weighted by atomic mass is 10.1. The summed E-state index contributed by atoms with van der Waals surface area (Å²) in [5.74, 6) is 0.896. The van der Waals surface area contributed by atoms with Gasteiger partial charge in [-0.2, -0.15) is 0 Å². The van der Waals surface area contributed by atoms with E-state index in [1.165, 1.54) is 5.56 Å². The first-order chi connectivity index (χ1) is 8.79. The normalized spacial score (nSPS) is 10.6. The van der Waals surface area contributed by atoms with Crippen molar-refractivity contribution in [3.8, 4) is 5.75 Å². The van der Waals surface area contributed by atoms with Gasteiger partial charge < -0.3 is 10.1 Å². The average molecular weight is 246 g/mol. The first-order valence-electron chi connectivity index (χ1n) is 5.97. The molecular weight excluding hydrogens is 228 g/mol. The molecule has 0 saturated carbocycles. The fourth-order valence-electron chi connectivity index (χ4n) is 1.71. The number of hydrogen-bond acceptors (Lipinski definition) is 4. The number of benzene rings is 1. The van der Waals surface area contributed by atoms with Crippen LogP contribution < -0.4 is 10.1 Å². The van der Waals surface area contributed by atoms with E-state index in [9.17, 15) is 0 Å². The molecule has 0 atom stereocenters. The van der Waals surface area contributed by atoms with Gasteiger partial charge >= 0.3 is 0 Å². The zero-order valence-electron chi connectivity index (χ0n) is 10.8. The van der Waals surface area contributed by atoms with Crippen LogP contribution >= 0.6 is 0 Å². The molecule has 1 N–H and O–H groups in total. The van der Waals surface area contributed by atoms with Gasteiger partial charge in [-0.3, -0.25) is 4.68 Å². The molecule has 0 aliphatic rings. The molecule has 0 amide bonds. The minimum absolute atomic E-state index is 0.791. The summed E-state index contributed by atoms with van der Waals surface area (Å²) in [6.07, 6.45) is 2.77. The van der Waals surface area contributed by atoms with E-state index in [4.69, 9.17) is 4.74 Å². The molecule has 0 radical (unpaired) electrons.